The van der Waals surface area contributed by atoms with Crippen LogP contribution in [0.4, 0.5) is 10.1 Å². The zero-order valence-corrected chi connectivity index (χ0v) is 14.6. The van der Waals surface area contributed by atoms with Crippen molar-refractivity contribution in [3.63, 3.8) is 0 Å². The number of amides is 1. The molecular weight excluding hydrogens is 361 g/mol. The first-order valence-corrected chi connectivity index (χ1v) is 9.77. The molecule has 0 spiro atoms. The Hall–Kier alpha value is -2.39. The van der Waals surface area contributed by atoms with Crippen LogP contribution in [0.2, 0.25) is 0 Å². The van der Waals surface area contributed by atoms with E-state index in [0.717, 1.165) is 0 Å². The summed E-state index contributed by atoms with van der Waals surface area (Å²) in [5, 5.41) is 13.2. The zero-order chi connectivity index (χ0) is 18.5. The van der Waals surface area contributed by atoms with Gasteiger partial charge in [-0.3, -0.25) is 4.79 Å². The van der Waals surface area contributed by atoms with E-state index in [0.29, 0.717) is 22.3 Å². The van der Waals surface area contributed by atoms with Gasteiger partial charge in [-0.15, -0.1) is 0 Å². The molecule has 4 rings (SSSR count). The summed E-state index contributed by atoms with van der Waals surface area (Å²) in [5.74, 6) is -1.55. The van der Waals surface area contributed by atoms with Crippen molar-refractivity contribution in [2.75, 3.05) is 17.4 Å². The third-order valence-electron chi connectivity index (χ3n) is 4.63. The lowest BCUT2D eigenvalue weighted by Gasteiger charge is -2.18. The molecule has 2 fully saturated rings. The van der Waals surface area contributed by atoms with Crippen LogP contribution in [0.5, 0.6) is 5.75 Å². The van der Waals surface area contributed by atoms with E-state index in [-0.39, 0.29) is 11.6 Å². The van der Waals surface area contributed by atoms with E-state index >= 15 is 4.39 Å². The Kier molecular flexibility index (Phi) is 4.00. The lowest BCUT2D eigenvalue weighted by atomic mass is 10.0. The van der Waals surface area contributed by atoms with Crippen molar-refractivity contribution >= 4 is 27.4 Å². The molecule has 1 aromatic carbocycles. The number of anilines is 1. The molecule has 1 amide bonds. The number of hydrogen-bond donors (Lipinski definition) is 3. The van der Waals surface area contributed by atoms with Gasteiger partial charge < -0.3 is 10.4 Å². The molecule has 9 heteroatoms. The smallest absolute Gasteiger partial charge is 0.326 e. The van der Waals surface area contributed by atoms with E-state index < -0.39 is 39.9 Å². The summed E-state index contributed by atoms with van der Waals surface area (Å²) in [5.41, 5.74) is 0.353. The molecule has 2 aliphatic heterocycles. The molecule has 0 bridgehead atoms. The lowest BCUT2D eigenvalue weighted by Crippen LogP contribution is -2.30. The van der Waals surface area contributed by atoms with Gasteiger partial charge in [0.25, 0.3) is 5.91 Å². The predicted octanol–water partition coefficient (Wildman–Crippen LogP) is 1.03. The van der Waals surface area contributed by atoms with Crippen LogP contribution in [-0.2, 0) is 15.0 Å². The monoisotopic (exact) mass is 379 g/mol. The molecule has 3 N–H and O–H groups in total. The van der Waals surface area contributed by atoms with Gasteiger partial charge in [0.2, 0.25) is 0 Å². The SMILES string of the molecule is O=C1CN(c2c(O)ccc(C3=C[C@@H](/C=C/C4CC4)NC3)c2F)S(=O)(=O)N1. The first kappa shape index (κ1) is 17.0. The Morgan fingerprint density at radius 2 is 2.04 bits per heavy atom. The van der Waals surface area contributed by atoms with Crippen LogP contribution in [0.1, 0.15) is 18.4 Å². The van der Waals surface area contributed by atoms with E-state index in [1.54, 1.807) is 4.72 Å². The van der Waals surface area contributed by atoms with Gasteiger partial charge >= 0.3 is 10.2 Å². The molecule has 1 aliphatic carbocycles. The minimum atomic E-state index is -4.21. The maximum absolute atomic E-state index is 15.1. The van der Waals surface area contributed by atoms with E-state index in [1.165, 1.54) is 25.0 Å². The van der Waals surface area contributed by atoms with Crippen LogP contribution in [0.25, 0.3) is 5.57 Å². The molecule has 0 radical (unpaired) electrons. The third-order valence-corrected chi connectivity index (χ3v) is 6.01. The molecule has 138 valence electrons. The molecule has 7 nitrogen and oxygen atoms in total. The first-order chi connectivity index (χ1) is 12.3. The van der Waals surface area contributed by atoms with Gasteiger partial charge in [-0.25, -0.2) is 13.4 Å². The number of nitrogens with zero attached hydrogens (tertiary/aromatic N) is 1. The fourth-order valence-electron chi connectivity index (χ4n) is 3.12. The highest BCUT2D eigenvalue weighted by molar-refractivity contribution is 7.92. The van der Waals surface area contributed by atoms with Crippen LogP contribution in [0.3, 0.4) is 0 Å². The molecule has 0 aromatic heterocycles. The number of rotatable bonds is 4. The number of allylic oxidation sites excluding steroid dienone is 1. The van der Waals surface area contributed by atoms with Gasteiger partial charge in [-0.1, -0.05) is 18.2 Å². The average Bonchev–Trinajstić information content (AvgIpc) is 3.21. The normalized spacial score (nSPS) is 25.0. The number of phenolic OH excluding ortho intramolecular Hbond substituents is 1. The Morgan fingerprint density at radius 1 is 1.27 bits per heavy atom. The van der Waals surface area contributed by atoms with Gasteiger partial charge in [-0.2, -0.15) is 8.42 Å². The standard InChI is InChI=1S/C17H18FN3O4S/c18-16-13(11-7-12(19-8-11)4-3-10-1-2-10)5-6-14(22)17(16)21-9-15(23)20-26(21,24)25/h3-7,10,12,19,22H,1-2,8-9H2,(H,20,23)/b4-3+/t12-/m1/s1. The number of carbonyl (C=O) groups is 1. The summed E-state index contributed by atoms with van der Waals surface area (Å²) in [6.07, 6.45) is 8.46. The molecule has 26 heavy (non-hydrogen) atoms. The molecule has 1 saturated carbocycles. The summed E-state index contributed by atoms with van der Waals surface area (Å²) in [4.78, 5) is 11.4. The third kappa shape index (κ3) is 3.08. The Balaban J connectivity index is 1.68. The quantitative estimate of drug-likeness (QED) is 0.679. The fourth-order valence-corrected chi connectivity index (χ4v) is 4.29. The van der Waals surface area contributed by atoms with Crippen LogP contribution in [-0.4, -0.2) is 38.6 Å². The Labute approximate surface area is 150 Å². The number of hydrogen-bond acceptors (Lipinski definition) is 5. The zero-order valence-electron chi connectivity index (χ0n) is 13.8. The first-order valence-electron chi connectivity index (χ1n) is 8.33. The predicted molar refractivity (Wildman–Crippen MR) is 94.1 cm³/mol. The Morgan fingerprint density at radius 3 is 2.69 bits per heavy atom. The van der Waals surface area contributed by atoms with Crippen molar-refractivity contribution in [3.05, 3.63) is 41.7 Å². The highest BCUT2D eigenvalue weighted by atomic mass is 32.2. The van der Waals surface area contributed by atoms with Crippen molar-refractivity contribution in [1.82, 2.24) is 10.0 Å². The second-order valence-corrected chi connectivity index (χ2v) is 8.25. The summed E-state index contributed by atoms with van der Waals surface area (Å²) in [6, 6.07) is 2.63. The van der Waals surface area contributed by atoms with Gasteiger partial charge in [0.05, 0.1) is 0 Å². The minimum Gasteiger partial charge on any atom is -0.506 e. The van der Waals surface area contributed by atoms with E-state index in [9.17, 15) is 18.3 Å². The summed E-state index contributed by atoms with van der Waals surface area (Å²) in [6.45, 7) is -0.148. The van der Waals surface area contributed by atoms with Crippen LogP contribution in [0, 0.1) is 11.7 Å². The van der Waals surface area contributed by atoms with Gasteiger partial charge in [-0.05, 0) is 36.5 Å². The summed E-state index contributed by atoms with van der Waals surface area (Å²) in [7, 11) is -4.21. The second kappa shape index (κ2) is 6.10. The van der Waals surface area contributed by atoms with Gasteiger partial charge in [0.1, 0.15) is 18.0 Å². The number of nitrogens with one attached hydrogen (secondary N) is 2. The van der Waals surface area contributed by atoms with E-state index in [2.05, 4.69) is 11.4 Å². The molecule has 0 unspecified atom stereocenters. The van der Waals surface area contributed by atoms with E-state index in [1.807, 2.05) is 12.2 Å². The number of phenols is 1. The summed E-state index contributed by atoms with van der Waals surface area (Å²) >= 11 is 0. The summed E-state index contributed by atoms with van der Waals surface area (Å²) < 4.78 is 41.4. The maximum Gasteiger partial charge on any atom is 0.326 e. The number of aromatic hydroxyl groups is 1. The van der Waals surface area contributed by atoms with Crippen LogP contribution < -0.4 is 14.3 Å². The number of benzene rings is 1. The molecule has 1 aromatic rings. The van der Waals surface area contributed by atoms with Crippen molar-refractivity contribution in [3.8, 4) is 5.75 Å². The topological polar surface area (TPSA) is 98.7 Å². The minimum absolute atomic E-state index is 0.0129. The number of halogens is 1. The van der Waals surface area contributed by atoms with Crippen molar-refractivity contribution in [2.24, 2.45) is 5.92 Å². The molecule has 1 saturated heterocycles. The molecular formula is C17H18FN3O4S. The lowest BCUT2D eigenvalue weighted by molar-refractivity contribution is -0.117. The van der Waals surface area contributed by atoms with Crippen molar-refractivity contribution < 1.29 is 22.7 Å². The maximum atomic E-state index is 15.1. The van der Waals surface area contributed by atoms with Crippen molar-refractivity contribution in [2.45, 2.75) is 18.9 Å². The van der Waals surface area contributed by atoms with Crippen LogP contribution >= 0.6 is 0 Å². The second-order valence-electron chi connectivity index (χ2n) is 6.65. The molecule has 2 heterocycles. The molecule has 3 aliphatic rings. The molecule has 1 atom stereocenters. The largest absolute Gasteiger partial charge is 0.506 e. The van der Waals surface area contributed by atoms with Crippen LogP contribution in [0.15, 0.2) is 30.4 Å². The Bertz CT molecular complexity index is 938. The number of carbonyl (C=O) groups excluding carboxylic acids is 1. The highest BCUT2D eigenvalue weighted by Gasteiger charge is 2.38. The fraction of sp³-hybridized carbons (Fsp3) is 0.353. The van der Waals surface area contributed by atoms with E-state index in [4.69, 9.17) is 0 Å². The highest BCUT2D eigenvalue weighted by Crippen LogP contribution is 2.38. The average molecular weight is 379 g/mol. The van der Waals surface area contributed by atoms with Gasteiger partial charge in [0.15, 0.2) is 5.82 Å². The van der Waals surface area contributed by atoms with Crippen molar-refractivity contribution in [1.29, 1.82) is 0 Å². The van der Waals surface area contributed by atoms with Gasteiger partial charge in [0, 0.05) is 18.2 Å².